The number of ether oxygens (including phenoxy) is 1. The van der Waals surface area contributed by atoms with E-state index in [1.54, 1.807) is 6.07 Å². The fraction of sp³-hybridized carbons (Fsp3) is 0.471. The first-order valence-corrected chi connectivity index (χ1v) is 7.69. The third kappa shape index (κ3) is 4.07. The van der Waals surface area contributed by atoms with Crippen molar-refractivity contribution in [2.45, 2.75) is 39.8 Å². The van der Waals surface area contributed by atoms with Gasteiger partial charge < -0.3 is 9.64 Å². The van der Waals surface area contributed by atoms with Crippen LogP contribution in [0.3, 0.4) is 0 Å². The maximum atomic E-state index is 14.1. The highest BCUT2D eigenvalue weighted by molar-refractivity contribution is 5.63. The zero-order valence-corrected chi connectivity index (χ0v) is 13.7. The fourth-order valence-corrected chi connectivity index (χ4v) is 2.43. The molecule has 2 aromatic rings. The van der Waals surface area contributed by atoms with Crippen molar-refractivity contribution in [3.05, 3.63) is 35.8 Å². The van der Waals surface area contributed by atoms with Gasteiger partial charge in [0.05, 0.1) is 11.8 Å². The Morgan fingerprint density at radius 2 is 2.14 bits per heavy atom. The van der Waals surface area contributed by atoms with Crippen LogP contribution in [-0.4, -0.2) is 34.8 Å². The Labute approximate surface area is 131 Å². The zero-order chi connectivity index (χ0) is 16.1. The van der Waals surface area contributed by atoms with E-state index in [2.05, 4.69) is 29.1 Å². The molecule has 1 heterocycles. The molecular weight excluding hydrogens is 281 g/mol. The number of benzene rings is 1. The summed E-state index contributed by atoms with van der Waals surface area (Å²) in [6.07, 6.45) is 2.92. The number of hydrogen-bond acceptors (Lipinski definition) is 3. The van der Waals surface area contributed by atoms with Crippen molar-refractivity contribution >= 4 is 0 Å². The van der Waals surface area contributed by atoms with Gasteiger partial charge in [0.25, 0.3) is 0 Å². The van der Waals surface area contributed by atoms with Crippen LogP contribution in [0.5, 0.6) is 5.75 Å². The molecule has 4 nitrogen and oxygen atoms in total. The van der Waals surface area contributed by atoms with Crippen molar-refractivity contribution < 1.29 is 9.13 Å². The molecule has 0 spiro atoms. The van der Waals surface area contributed by atoms with Crippen molar-refractivity contribution in [1.82, 2.24) is 15.1 Å². The minimum absolute atomic E-state index is 0.0519. The van der Waals surface area contributed by atoms with E-state index in [0.29, 0.717) is 0 Å². The molecule has 22 heavy (non-hydrogen) atoms. The molecule has 1 N–H and O–H groups in total. The van der Waals surface area contributed by atoms with E-state index >= 15 is 0 Å². The second-order valence-corrected chi connectivity index (χ2v) is 5.81. The van der Waals surface area contributed by atoms with Crippen LogP contribution < -0.4 is 4.74 Å². The monoisotopic (exact) mass is 305 g/mol. The normalized spacial score (nSPS) is 11.4. The molecule has 0 fully saturated rings. The highest BCUT2D eigenvalue weighted by Crippen LogP contribution is 2.27. The van der Waals surface area contributed by atoms with Gasteiger partial charge in [-0.1, -0.05) is 6.92 Å². The summed E-state index contributed by atoms with van der Waals surface area (Å²) in [4.78, 5) is 2.22. The zero-order valence-electron chi connectivity index (χ0n) is 13.7. The van der Waals surface area contributed by atoms with Crippen LogP contribution in [0.15, 0.2) is 24.4 Å². The third-order valence-electron chi connectivity index (χ3n) is 3.33. The topological polar surface area (TPSA) is 41.2 Å². The molecule has 0 atom stereocenters. The maximum absolute atomic E-state index is 14.1. The number of H-pyrrole nitrogens is 1. The second-order valence-electron chi connectivity index (χ2n) is 5.81. The Kier molecular flexibility index (Phi) is 5.55. The Balaban J connectivity index is 2.22. The highest BCUT2D eigenvalue weighted by Gasteiger charge is 2.13. The van der Waals surface area contributed by atoms with Gasteiger partial charge in [0, 0.05) is 23.9 Å². The van der Waals surface area contributed by atoms with Crippen LogP contribution in [0, 0.1) is 5.82 Å². The van der Waals surface area contributed by atoms with E-state index in [4.69, 9.17) is 4.74 Å². The van der Waals surface area contributed by atoms with Crippen molar-refractivity contribution in [2.75, 3.05) is 13.6 Å². The SMILES string of the molecule is CCCN(C)Cc1c[nH]nc1-c1ccc(OC(C)C)c(F)c1. The van der Waals surface area contributed by atoms with Gasteiger partial charge in [-0.05, 0) is 52.1 Å². The van der Waals surface area contributed by atoms with Gasteiger partial charge >= 0.3 is 0 Å². The molecule has 0 aliphatic rings. The molecule has 5 heteroatoms. The van der Waals surface area contributed by atoms with Crippen molar-refractivity contribution in [3.63, 3.8) is 0 Å². The molecule has 0 radical (unpaired) electrons. The van der Waals surface area contributed by atoms with Gasteiger partial charge in [-0.15, -0.1) is 0 Å². The average Bonchev–Trinajstić information content (AvgIpc) is 2.89. The van der Waals surface area contributed by atoms with E-state index in [-0.39, 0.29) is 17.7 Å². The Bertz CT molecular complexity index is 610. The molecule has 1 aromatic carbocycles. The lowest BCUT2D eigenvalue weighted by atomic mass is 10.1. The summed E-state index contributed by atoms with van der Waals surface area (Å²) in [7, 11) is 2.07. The summed E-state index contributed by atoms with van der Waals surface area (Å²) in [5.74, 6) is -0.0824. The molecule has 0 amide bonds. The molecule has 0 aliphatic heterocycles. The lowest BCUT2D eigenvalue weighted by molar-refractivity contribution is 0.231. The first-order chi connectivity index (χ1) is 10.5. The summed E-state index contributed by atoms with van der Waals surface area (Å²) < 4.78 is 19.6. The standard InChI is InChI=1S/C17H24FN3O/c1-5-8-21(4)11-14-10-19-20-17(14)13-6-7-16(15(18)9-13)22-12(2)3/h6-7,9-10,12H,5,8,11H2,1-4H3,(H,19,20). The second kappa shape index (κ2) is 7.40. The van der Waals surface area contributed by atoms with Gasteiger partial charge in [0.1, 0.15) is 0 Å². The van der Waals surface area contributed by atoms with Crippen LogP contribution >= 0.6 is 0 Å². The van der Waals surface area contributed by atoms with Gasteiger partial charge in [0.2, 0.25) is 0 Å². The minimum Gasteiger partial charge on any atom is -0.488 e. The summed E-state index contributed by atoms with van der Waals surface area (Å²) in [5.41, 5.74) is 2.61. The van der Waals surface area contributed by atoms with Gasteiger partial charge in [-0.25, -0.2) is 4.39 Å². The van der Waals surface area contributed by atoms with E-state index in [1.807, 2.05) is 26.1 Å². The molecule has 2 rings (SSSR count). The molecule has 0 unspecified atom stereocenters. The Hall–Kier alpha value is -1.88. The van der Waals surface area contributed by atoms with Crippen LogP contribution in [0.25, 0.3) is 11.3 Å². The minimum atomic E-state index is -0.359. The fourth-order valence-electron chi connectivity index (χ4n) is 2.43. The van der Waals surface area contributed by atoms with Gasteiger partial charge in [0.15, 0.2) is 11.6 Å². The summed E-state index contributed by atoms with van der Waals surface area (Å²) in [6.45, 7) is 7.70. The smallest absolute Gasteiger partial charge is 0.165 e. The van der Waals surface area contributed by atoms with E-state index in [1.165, 1.54) is 6.07 Å². The molecule has 0 aliphatic carbocycles. The number of nitrogens with one attached hydrogen (secondary N) is 1. The molecule has 0 bridgehead atoms. The predicted octanol–water partition coefficient (Wildman–Crippen LogP) is 3.84. The molecule has 1 aromatic heterocycles. The quantitative estimate of drug-likeness (QED) is 0.845. The van der Waals surface area contributed by atoms with E-state index < -0.39 is 0 Å². The number of nitrogens with zero attached hydrogens (tertiary/aromatic N) is 2. The largest absolute Gasteiger partial charge is 0.488 e. The van der Waals surface area contributed by atoms with Gasteiger partial charge in [-0.3, -0.25) is 5.10 Å². The van der Waals surface area contributed by atoms with Crippen LogP contribution in [0.4, 0.5) is 4.39 Å². The van der Waals surface area contributed by atoms with Crippen molar-refractivity contribution in [2.24, 2.45) is 0 Å². The number of halogens is 1. The summed E-state index contributed by atoms with van der Waals surface area (Å²) in [6, 6.07) is 5.00. The van der Waals surface area contributed by atoms with Crippen LogP contribution in [0.1, 0.15) is 32.8 Å². The predicted molar refractivity (Wildman–Crippen MR) is 86.4 cm³/mol. The maximum Gasteiger partial charge on any atom is 0.165 e. The number of aromatic amines is 1. The van der Waals surface area contributed by atoms with Crippen LogP contribution in [0.2, 0.25) is 0 Å². The molecular formula is C17H24FN3O. The first kappa shape index (κ1) is 16.5. The number of hydrogen-bond donors (Lipinski definition) is 1. The molecule has 0 saturated carbocycles. The highest BCUT2D eigenvalue weighted by atomic mass is 19.1. The number of rotatable bonds is 7. The average molecular weight is 305 g/mol. The summed E-state index contributed by atoms with van der Waals surface area (Å²) in [5, 5.41) is 7.15. The van der Waals surface area contributed by atoms with Crippen LogP contribution in [-0.2, 0) is 6.54 Å². The molecule has 0 saturated heterocycles. The van der Waals surface area contributed by atoms with E-state index in [9.17, 15) is 4.39 Å². The van der Waals surface area contributed by atoms with Crippen molar-refractivity contribution in [1.29, 1.82) is 0 Å². The Morgan fingerprint density at radius 3 is 2.77 bits per heavy atom. The first-order valence-electron chi connectivity index (χ1n) is 7.69. The Morgan fingerprint density at radius 1 is 1.36 bits per heavy atom. The molecule has 120 valence electrons. The lowest BCUT2D eigenvalue weighted by Gasteiger charge is -2.15. The summed E-state index contributed by atoms with van der Waals surface area (Å²) >= 11 is 0. The number of aromatic nitrogens is 2. The third-order valence-corrected chi connectivity index (χ3v) is 3.33. The van der Waals surface area contributed by atoms with Gasteiger partial charge in [-0.2, -0.15) is 5.10 Å². The van der Waals surface area contributed by atoms with Crippen molar-refractivity contribution in [3.8, 4) is 17.0 Å². The lowest BCUT2D eigenvalue weighted by Crippen LogP contribution is -2.18. The van der Waals surface area contributed by atoms with E-state index in [0.717, 1.165) is 36.3 Å².